The normalized spacial score (nSPS) is 10.5. The van der Waals surface area contributed by atoms with Crippen LogP contribution in [0.4, 0.5) is 4.39 Å². The van der Waals surface area contributed by atoms with Gasteiger partial charge in [0.2, 0.25) is 5.88 Å². The number of aromatic nitrogens is 2. The van der Waals surface area contributed by atoms with Crippen LogP contribution in [0.5, 0.6) is 5.88 Å². The van der Waals surface area contributed by atoms with Gasteiger partial charge in [0.05, 0.1) is 11.9 Å². The smallest absolute Gasteiger partial charge is 0.335 e. The van der Waals surface area contributed by atoms with Gasteiger partial charge in [0.25, 0.3) is 0 Å². The molecule has 0 amide bonds. The van der Waals surface area contributed by atoms with Gasteiger partial charge in [-0.1, -0.05) is 12.1 Å². The third kappa shape index (κ3) is 1.41. The fourth-order valence-electron chi connectivity index (χ4n) is 1.34. The topological polar surface area (TPSA) is 47.2 Å². The van der Waals surface area contributed by atoms with Crippen molar-refractivity contribution in [1.82, 2.24) is 9.13 Å². The summed E-state index contributed by atoms with van der Waals surface area (Å²) in [7, 11) is 1.41. The average molecular weight is 208 g/mol. The van der Waals surface area contributed by atoms with Gasteiger partial charge in [0.1, 0.15) is 5.82 Å². The Bertz CT molecular complexity index is 557. The molecule has 2 rings (SSSR count). The fourth-order valence-corrected chi connectivity index (χ4v) is 1.34. The van der Waals surface area contributed by atoms with Crippen LogP contribution in [0.15, 0.2) is 35.3 Å². The Balaban J connectivity index is 2.70. The van der Waals surface area contributed by atoms with Crippen LogP contribution >= 0.6 is 0 Å². The van der Waals surface area contributed by atoms with Gasteiger partial charge in [-0.15, -0.1) is 0 Å². The molecule has 0 unspecified atom stereocenters. The highest BCUT2D eigenvalue weighted by molar-refractivity contribution is 5.34. The molecule has 0 fully saturated rings. The van der Waals surface area contributed by atoms with Crippen LogP contribution in [0.1, 0.15) is 0 Å². The van der Waals surface area contributed by atoms with Gasteiger partial charge < -0.3 is 5.11 Å². The minimum Gasteiger partial charge on any atom is -0.493 e. The zero-order valence-electron chi connectivity index (χ0n) is 8.01. The van der Waals surface area contributed by atoms with Crippen molar-refractivity contribution >= 4 is 0 Å². The lowest BCUT2D eigenvalue weighted by molar-refractivity contribution is 0.429. The highest BCUT2D eigenvalue weighted by atomic mass is 19.1. The van der Waals surface area contributed by atoms with Crippen LogP contribution in [-0.4, -0.2) is 14.2 Å². The van der Waals surface area contributed by atoms with Crippen molar-refractivity contribution in [2.24, 2.45) is 7.05 Å². The maximum atomic E-state index is 13.3. The molecule has 0 atom stereocenters. The Morgan fingerprint density at radius 3 is 2.53 bits per heavy atom. The van der Waals surface area contributed by atoms with E-state index in [2.05, 4.69) is 0 Å². The minimum atomic E-state index is -0.509. The molecular formula is C10H9FN2O2. The van der Waals surface area contributed by atoms with Gasteiger partial charge in [-0.05, 0) is 12.1 Å². The number of aromatic hydroxyl groups is 1. The molecule has 2 aromatic rings. The highest BCUT2D eigenvalue weighted by Gasteiger charge is 2.10. The lowest BCUT2D eigenvalue weighted by Crippen LogP contribution is -2.21. The molecule has 0 radical (unpaired) electrons. The van der Waals surface area contributed by atoms with E-state index < -0.39 is 11.5 Å². The van der Waals surface area contributed by atoms with Crippen molar-refractivity contribution in [2.45, 2.75) is 0 Å². The molecule has 78 valence electrons. The van der Waals surface area contributed by atoms with Crippen LogP contribution in [-0.2, 0) is 7.05 Å². The Hall–Kier alpha value is -2.04. The number of hydrogen-bond donors (Lipinski definition) is 1. The summed E-state index contributed by atoms with van der Waals surface area (Å²) >= 11 is 0. The third-order valence-corrected chi connectivity index (χ3v) is 2.19. The molecule has 1 aromatic carbocycles. The number of benzene rings is 1. The fraction of sp³-hybridized carbons (Fsp3) is 0.100. The molecule has 0 spiro atoms. The summed E-state index contributed by atoms with van der Waals surface area (Å²) in [5, 5.41) is 9.29. The van der Waals surface area contributed by atoms with E-state index >= 15 is 0 Å². The second kappa shape index (κ2) is 3.27. The van der Waals surface area contributed by atoms with Crippen LogP contribution in [0.2, 0.25) is 0 Å². The first-order valence-electron chi connectivity index (χ1n) is 4.33. The Morgan fingerprint density at radius 1 is 1.33 bits per heavy atom. The summed E-state index contributed by atoms with van der Waals surface area (Å²) in [5.41, 5.74) is -0.365. The maximum absolute atomic E-state index is 13.3. The highest BCUT2D eigenvalue weighted by Crippen LogP contribution is 2.13. The maximum Gasteiger partial charge on any atom is 0.335 e. The molecule has 0 saturated heterocycles. The quantitative estimate of drug-likeness (QED) is 0.760. The van der Waals surface area contributed by atoms with E-state index in [-0.39, 0.29) is 11.6 Å². The van der Waals surface area contributed by atoms with Gasteiger partial charge in [-0.25, -0.2) is 9.18 Å². The summed E-state index contributed by atoms with van der Waals surface area (Å²) in [4.78, 5) is 11.5. The lowest BCUT2D eigenvalue weighted by Gasteiger charge is -2.00. The summed E-state index contributed by atoms with van der Waals surface area (Å²) in [6.07, 6.45) is 1.18. The standard InChI is InChI=1S/C10H9FN2O2/c1-12-9(14)6-13(10(12)15)8-5-3-2-4-7(8)11/h2-6,14H,1H3. The first-order valence-corrected chi connectivity index (χ1v) is 4.33. The number of halogens is 1. The zero-order valence-corrected chi connectivity index (χ0v) is 8.01. The van der Waals surface area contributed by atoms with Gasteiger partial charge in [0.15, 0.2) is 0 Å². The Kier molecular flexibility index (Phi) is 2.07. The van der Waals surface area contributed by atoms with E-state index in [1.54, 1.807) is 6.07 Å². The first kappa shape index (κ1) is 9.51. The molecule has 1 N–H and O–H groups in total. The van der Waals surface area contributed by atoms with Gasteiger partial charge >= 0.3 is 5.69 Å². The van der Waals surface area contributed by atoms with E-state index in [4.69, 9.17) is 0 Å². The Morgan fingerprint density at radius 2 is 2.00 bits per heavy atom. The number of rotatable bonds is 1. The molecule has 15 heavy (non-hydrogen) atoms. The summed E-state index contributed by atoms with van der Waals surface area (Å²) in [6, 6.07) is 5.88. The van der Waals surface area contributed by atoms with Crippen molar-refractivity contribution in [1.29, 1.82) is 0 Å². The molecule has 4 nitrogen and oxygen atoms in total. The number of nitrogens with zero attached hydrogens (tertiary/aromatic N) is 2. The second-order valence-electron chi connectivity index (χ2n) is 3.15. The minimum absolute atomic E-state index is 0.124. The predicted molar refractivity (Wildman–Crippen MR) is 52.6 cm³/mol. The molecule has 0 aliphatic rings. The van der Waals surface area contributed by atoms with E-state index in [1.165, 1.54) is 31.4 Å². The molecule has 0 saturated carbocycles. The molecule has 0 aliphatic heterocycles. The average Bonchev–Trinajstić information content (AvgIpc) is 2.47. The van der Waals surface area contributed by atoms with Crippen molar-refractivity contribution in [3.8, 4) is 11.6 Å². The zero-order chi connectivity index (χ0) is 11.0. The van der Waals surface area contributed by atoms with Crippen molar-refractivity contribution in [2.75, 3.05) is 0 Å². The van der Waals surface area contributed by atoms with Crippen LogP contribution in [0, 0.1) is 5.82 Å². The third-order valence-electron chi connectivity index (χ3n) is 2.19. The van der Waals surface area contributed by atoms with E-state index in [0.29, 0.717) is 0 Å². The molecule has 1 aromatic heterocycles. The lowest BCUT2D eigenvalue weighted by atomic mass is 10.3. The van der Waals surface area contributed by atoms with Crippen molar-refractivity contribution in [3.05, 3.63) is 46.8 Å². The van der Waals surface area contributed by atoms with E-state index in [1.807, 2.05) is 0 Å². The summed E-state index contributed by atoms with van der Waals surface area (Å²) in [6.45, 7) is 0. The van der Waals surface area contributed by atoms with Crippen LogP contribution in [0.25, 0.3) is 5.69 Å². The van der Waals surface area contributed by atoms with Crippen molar-refractivity contribution in [3.63, 3.8) is 0 Å². The van der Waals surface area contributed by atoms with E-state index in [9.17, 15) is 14.3 Å². The number of imidazole rings is 1. The SMILES string of the molecule is Cn1c(O)cn(-c2ccccc2F)c1=O. The predicted octanol–water partition coefficient (Wildman–Crippen LogP) is 1.02. The first-order chi connectivity index (χ1) is 7.11. The van der Waals surface area contributed by atoms with E-state index in [0.717, 1.165) is 9.13 Å². The van der Waals surface area contributed by atoms with Crippen molar-refractivity contribution < 1.29 is 9.50 Å². The Labute approximate surface area is 84.8 Å². The van der Waals surface area contributed by atoms with Gasteiger partial charge in [-0.3, -0.25) is 9.13 Å². The molecule has 5 heteroatoms. The second-order valence-corrected chi connectivity index (χ2v) is 3.15. The van der Waals surface area contributed by atoms with Crippen LogP contribution in [0.3, 0.4) is 0 Å². The van der Waals surface area contributed by atoms with Gasteiger partial charge in [-0.2, -0.15) is 0 Å². The van der Waals surface area contributed by atoms with Gasteiger partial charge in [0, 0.05) is 7.05 Å². The summed E-state index contributed by atoms with van der Waals surface area (Å²) < 4.78 is 15.4. The monoisotopic (exact) mass is 208 g/mol. The molecule has 1 heterocycles. The summed E-state index contributed by atoms with van der Waals surface area (Å²) in [5.74, 6) is -0.714. The van der Waals surface area contributed by atoms with Crippen LogP contribution < -0.4 is 5.69 Å². The number of para-hydroxylation sites is 1. The molecule has 0 bridgehead atoms. The molecular weight excluding hydrogens is 199 g/mol. The number of hydrogen-bond acceptors (Lipinski definition) is 2. The molecule has 0 aliphatic carbocycles. The largest absolute Gasteiger partial charge is 0.493 e.